The molecule has 1 N–H and O–H groups in total. The molecule has 0 bridgehead atoms. The lowest BCUT2D eigenvalue weighted by atomic mass is 10.1. The molecule has 5 nitrogen and oxygen atoms in total. The van der Waals surface area contributed by atoms with Crippen LogP contribution in [0.1, 0.15) is 30.4 Å². The molecule has 116 valence electrons. The van der Waals surface area contributed by atoms with Crippen molar-refractivity contribution in [3.05, 3.63) is 35.4 Å². The fraction of sp³-hybridized carbons (Fsp3) is 0.533. The van der Waals surface area contributed by atoms with E-state index in [1.165, 1.54) is 0 Å². The summed E-state index contributed by atoms with van der Waals surface area (Å²) in [7, 11) is -3.35. The van der Waals surface area contributed by atoms with E-state index in [9.17, 15) is 13.2 Å². The number of amides is 1. The lowest BCUT2D eigenvalue weighted by Crippen LogP contribution is -2.41. The summed E-state index contributed by atoms with van der Waals surface area (Å²) in [5.41, 5.74) is 1.87. The maximum atomic E-state index is 12.0. The van der Waals surface area contributed by atoms with Crippen molar-refractivity contribution in [2.45, 2.75) is 31.9 Å². The maximum absolute atomic E-state index is 12.0. The number of nitrogens with zero attached hydrogens (tertiary/aromatic N) is 1. The van der Waals surface area contributed by atoms with E-state index < -0.39 is 10.0 Å². The Bertz CT molecular complexity index is 581. The SMILES string of the molecule is Cc1ccc(CS(=O)(=O)NCCN2CCCCC2=O)cc1. The van der Waals surface area contributed by atoms with Gasteiger partial charge in [-0.1, -0.05) is 29.8 Å². The Kier molecular flexibility index (Phi) is 5.36. The van der Waals surface area contributed by atoms with E-state index in [4.69, 9.17) is 0 Å². The molecule has 1 amide bonds. The molecule has 21 heavy (non-hydrogen) atoms. The lowest BCUT2D eigenvalue weighted by Gasteiger charge is -2.26. The van der Waals surface area contributed by atoms with Gasteiger partial charge in [-0.3, -0.25) is 4.79 Å². The van der Waals surface area contributed by atoms with Crippen LogP contribution in [0.5, 0.6) is 0 Å². The number of sulfonamides is 1. The molecule has 1 heterocycles. The van der Waals surface area contributed by atoms with Crippen LogP contribution in [0.25, 0.3) is 0 Å². The predicted molar refractivity (Wildman–Crippen MR) is 82.2 cm³/mol. The van der Waals surface area contributed by atoms with Gasteiger partial charge in [0.15, 0.2) is 0 Å². The van der Waals surface area contributed by atoms with Gasteiger partial charge in [-0.25, -0.2) is 13.1 Å². The summed E-state index contributed by atoms with van der Waals surface area (Å²) in [5.74, 6) is 0.0975. The number of hydrogen-bond donors (Lipinski definition) is 1. The van der Waals surface area contributed by atoms with Crippen LogP contribution in [0, 0.1) is 6.92 Å². The minimum absolute atomic E-state index is 0.0266. The monoisotopic (exact) mass is 310 g/mol. The molecular weight excluding hydrogens is 288 g/mol. The number of likely N-dealkylation sites (tertiary alicyclic amines) is 1. The van der Waals surface area contributed by atoms with Gasteiger partial charge in [0.05, 0.1) is 5.75 Å². The van der Waals surface area contributed by atoms with E-state index in [1.54, 1.807) is 4.90 Å². The van der Waals surface area contributed by atoms with Crippen LogP contribution in [0.2, 0.25) is 0 Å². The molecule has 1 saturated heterocycles. The third kappa shape index (κ3) is 5.13. The standard InChI is InChI=1S/C15H22N2O3S/c1-13-5-7-14(8-6-13)12-21(19,20)16-9-11-17-10-3-2-4-15(17)18/h5-8,16H,2-4,9-12H2,1H3. The van der Waals surface area contributed by atoms with Crippen LogP contribution < -0.4 is 4.72 Å². The Morgan fingerprint density at radius 2 is 1.90 bits per heavy atom. The molecule has 1 aliphatic rings. The molecular formula is C15H22N2O3S. The Labute approximate surface area is 126 Å². The third-order valence-electron chi connectivity index (χ3n) is 3.60. The summed E-state index contributed by atoms with van der Waals surface area (Å²) in [6.45, 7) is 3.43. The van der Waals surface area contributed by atoms with Crippen molar-refractivity contribution in [2.24, 2.45) is 0 Å². The summed E-state index contributed by atoms with van der Waals surface area (Å²) >= 11 is 0. The molecule has 0 atom stereocenters. The molecule has 1 aromatic carbocycles. The summed E-state index contributed by atoms with van der Waals surface area (Å²) in [5, 5.41) is 0. The average Bonchev–Trinajstić information content (AvgIpc) is 2.43. The molecule has 6 heteroatoms. The van der Waals surface area contributed by atoms with Gasteiger partial charge in [-0.2, -0.15) is 0 Å². The van der Waals surface area contributed by atoms with Gasteiger partial charge in [0.25, 0.3) is 0 Å². The van der Waals surface area contributed by atoms with Crippen molar-refractivity contribution in [3.63, 3.8) is 0 Å². The zero-order chi connectivity index (χ0) is 15.3. The van der Waals surface area contributed by atoms with Crippen molar-refractivity contribution in [1.82, 2.24) is 9.62 Å². The zero-order valence-corrected chi connectivity index (χ0v) is 13.2. The Hall–Kier alpha value is -1.40. The Morgan fingerprint density at radius 3 is 2.57 bits per heavy atom. The summed E-state index contributed by atoms with van der Waals surface area (Å²) in [6, 6.07) is 7.44. The Morgan fingerprint density at radius 1 is 1.19 bits per heavy atom. The van der Waals surface area contributed by atoms with E-state index in [0.29, 0.717) is 13.0 Å². The van der Waals surface area contributed by atoms with Crippen molar-refractivity contribution in [3.8, 4) is 0 Å². The molecule has 1 fully saturated rings. The fourth-order valence-electron chi connectivity index (χ4n) is 2.39. The van der Waals surface area contributed by atoms with Crippen LogP contribution in [-0.2, 0) is 20.6 Å². The first-order valence-electron chi connectivity index (χ1n) is 7.27. The molecule has 0 aliphatic carbocycles. The number of rotatable bonds is 6. The van der Waals surface area contributed by atoms with Gasteiger partial charge in [0.1, 0.15) is 0 Å². The number of hydrogen-bond acceptors (Lipinski definition) is 3. The van der Waals surface area contributed by atoms with Crippen LogP contribution in [0.15, 0.2) is 24.3 Å². The van der Waals surface area contributed by atoms with Gasteiger partial charge in [-0.05, 0) is 25.3 Å². The maximum Gasteiger partial charge on any atom is 0.222 e. The summed E-state index contributed by atoms with van der Waals surface area (Å²) in [6.07, 6.45) is 2.52. The molecule has 0 radical (unpaired) electrons. The van der Waals surface area contributed by atoms with Crippen molar-refractivity contribution < 1.29 is 13.2 Å². The first kappa shape index (κ1) is 16.0. The van der Waals surface area contributed by atoms with E-state index in [0.717, 1.165) is 30.5 Å². The van der Waals surface area contributed by atoms with Gasteiger partial charge >= 0.3 is 0 Å². The Balaban J connectivity index is 1.81. The second-order valence-electron chi connectivity index (χ2n) is 5.48. The number of benzene rings is 1. The van der Waals surface area contributed by atoms with Crippen LogP contribution >= 0.6 is 0 Å². The second-order valence-corrected chi connectivity index (χ2v) is 7.28. The molecule has 1 aliphatic heterocycles. The quantitative estimate of drug-likeness (QED) is 0.864. The first-order chi connectivity index (χ1) is 9.96. The summed E-state index contributed by atoms with van der Waals surface area (Å²) in [4.78, 5) is 13.4. The van der Waals surface area contributed by atoms with Crippen molar-refractivity contribution >= 4 is 15.9 Å². The molecule has 0 unspecified atom stereocenters. The lowest BCUT2D eigenvalue weighted by molar-refractivity contribution is -0.133. The number of nitrogens with one attached hydrogen (secondary N) is 1. The average molecular weight is 310 g/mol. The minimum Gasteiger partial charge on any atom is -0.341 e. The highest BCUT2D eigenvalue weighted by Gasteiger charge is 2.18. The number of aryl methyl sites for hydroxylation is 1. The van der Waals surface area contributed by atoms with E-state index >= 15 is 0 Å². The molecule has 2 rings (SSSR count). The van der Waals surface area contributed by atoms with Gasteiger partial charge in [-0.15, -0.1) is 0 Å². The molecule has 1 aromatic rings. The van der Waals surface area contributed by atoms with E-state index in [1.807, 2.05) is 31.2 Å². The highest BCUT2D eigenvalue weighted by molar-refractivity contribution is 7.88. The van der Waals surface area contributed by atoms with Crippen LogP contribution in [0.4, 0.5) is 0 Å². The largest absolute Gasteiger partial charge is 0.341 e. The molecule has 0 spiro atoms. The molecule has 0 saturated carbocycles. The highest BCUT2D eigenvalue weighted by atomic mass is 32.2. The number of carbonyl (C=O) groups is 1. The predicted octanol–water partition coefficient (Wildman–Crippen LogP) is 1.43. The first-order valence-corrected chi connectivity index (χ1v) is 8.92. The van der Waals surface area contributed by atoms with Gasteiger partial charge in [0, 0.05) is 26.1 Å². The van der Waals surface area contributed by atoms with E-state index in [-0.39, 0.29) is 18.2 Å². The van der Waals surface area contributed by atoms with Crippen LogP contribution in [-0.4, -0.2) is 38.9 Å². The van der Waals surface area contributed by atoms with E-state index in [2.05, 4.69) is 4.72 Å². The third-order valence-corrected chi connectivity index (χ3v) is 4.96. The number of piperidine rings is 1. The number of carbonyl (C=O) groups excluding carboxylic acids is 1. The minimum atomic E-state index is -3.35. The zero-order valence-electron chi connectivity index (χ0n) is 12.3. The molecule has 0 aromatic heterocycles. The van der Waals surface area contributed by atoms with Gasteiger partial charge in [0.2, 0.25) is 15.9 Å². The smallest absolute Gasteiger partial charge is 0.222 e. The normalized spacial score (nSPS) is 16.2. The van der Waals surface area contributed by atoms with Crippen molar-refractivity contribution in [1.29, 1.82) is 0 Å². The van der Waals surface area contributed by atoms with Gasteiger partial charge < -0.3 is 4.90 Å². The van der Waals surface area contributed by atoms with Crippen LogP contribution in [0.3, 0.4) is 0 Å². The highest BCUT2D eigenvalue weighted by Crippen LogP contribution is 2.10. The van der Waals surface area contributed by atoms with Crippen molar-refractivity contribution in [2.75, 3.05) is 19.6 Å². The second kappa shape index (κ2) is 7.04. The summed E-state index contributed by atoms with van der Waals surface area (Å²) < 4.78 is 26.6. The fourth-order valence-corrected chi connectivity index (χ4v) is 3.52. The topological polar surface area (TPSA) is 66.5 Å².